The molecule has 1 aliphatic rings. The van der Waals surface area contributed by atoms with E-state index in [2.05, 4.69) is 10.6 Å². The Hall–Kier alpha value is -2.82. The zero-order valence-electron chi connectivity index (χ0n) is 17.0. The summed E-state index contributed by atoms with van der Waals surface area (Å²) in [7, 11) is -3.96. The molecule has 1 atom stereocenters. The Morgan fingerprint density at radius 3 is 2.39 bits per heavy atom. The van der Waals surface area contributed by atoms with Crippen LogP contribution in [-0.2, 0) is 30.9 Å². The van der Waals surface area contributed by atoms with Gasteiger partial charge in [0.15, 0.2) is 0 Å². The Kier molecular flexibility index (Phi) is 7.37. The molecule has 0 saturated carbocycles. The number of carbonyl (C=O) groups is 2. The number of ether oxygens (including phenoxy) is 1. The quantitative estimate of drug-likeness (QED) is 0.647. The number of carbonyl (C=O) groups excluding carboxylic acids is 2. The number of nitrogens with zero attached hydrogens (tertiary/aromatic N) is 1. The molecule has 3 rings (SSSR count). The summed E-state index contributed by atoms with van der Waals surface area (Å²) in [6.45, 7) is 2.44. The van der Waals surface area contributed by atoms with Crippen LogP contribution in [-0.4, -0.2) is 50.5 Å². The van der Waals surface area contributed by atoms with Crippen LogP contribution in [0, 0.1) is 12.7 Å². The maximum atomic E-state index is 13.1. The van der Waals surface area contributed by atoms with Crippen molar-refractivity contribution in [3.63, 3.8) is 0 Å². The van der Waals surface area contributed by atoms with Gasteiger partial charge in [-0.3, -0.25) is 9.59 Å². The summed E-state index contributed by atoms with van der Waals surface area (Å²) < 4.78 is 45.6. The largest absolute Gasteiger partial charge is 0.360 e. The van der Waals surface area contributed by atoms with E-state index in [-0.39, 0.29) is 24.5 Å². The predicted molar refractivity (Wildman–Crippen MR) is 111 cm³/mol. The molecule has 0 spiro atoms. The Morgan fingerprint density at radius 2 is 1.71 bits per heavy atom. The minimum atomic E-state index is -3.96. The van der Waals surface area contributed by atoms with Crippen LogP contribution >= 0.6 is 0 Å². The highest BCUT2D eigenvalue weighted by Gasteiger charge is 2.35. The van der Waals surface area contributed by atoms with Crippen molar-refractivity contribution >= 4 is 21.8 Å². The van der Waals surface area contributed by atoms with Crippen LogP contribution in [0.25, 0.3) is 0 Å². The predicted octanol–water partition coefficient (Wildman–Crippen LogP) is 1.30. The number of halogens is 1. The molecular formula is C21H24FN3O5S. The van der Waals surface area contributed by atoms with Crippen LogP contribution in [0.2, 0.25) is 0 Å². The maximum Gasteiger partial charge on any atom is 0.309 e. The van der Waals surface area contributed by atoms with E-state index in [4.69, 9.17) is 4.74 Å². The van der Waals surface area contributed by atoms with E-state index >= 15 is 0 Å². The van der Waals surface area contributed by atoms with Gasteiger partial charge in [-0.2, -0.15) is 4.31 Å². The molecule has 2 aromatic carbocycles. The zero-order chi connectivity index (χ0) is 22.4. The van der Waals surface area contributed by atoms with Crippen LogP contribution in [0.3, 0.4) is 0 Å². The van der Waals surface area contributed by atoms with E-state index in [1.165, 1.54) is 12.1 Å². The van der Waals surface area contributed by atoms with Crippen molar-refractivity contribution < 1.29 is 27.1 Å². The highest BCUT2D eigenvalue weighted by atomic mass is 32.2. The summed E-state index contributed by atoms with van der Waals surface area (Å²) in [5.74, 6) is -2.26. The molecule has 0 radical (unpaired) electrons. The number of amides is 2. The van der Waals surface area contributed by atoms with E-state index in [0.29, 0.717) is 13.0 Å². The molecule has 2 amide bonds. The van der Waals surface area contributed by atoms with E-state index in [0.717, 1.165) is 27.6 Å². The molecule has 0 aliphatic carbocycles. The van der Waals surface area contributed by atoms with Crippen molar-refractivity contribution in [3.8, 4) is 0 Å². The average Bonchev–Trinajstić information content (AvgIpc) is 2.77. The molecule has 8 nitrogen and oxygen atoms in total. The van der Waals surface area contributed by atoms with E-state index in [1.807, 2.05) is 31.2 Å². The second-order valence-electron chi connectivity index (χ2n) is 7.13. The first-order chi connectivity index (χ1) is 14.8. The molecule has 2 N–H and O–H groups in total. The van der Waals surface area contributed by atoms with Gasteiger partial charge in [0.05, 0.1) is 18.0 Å². The van der Waals surface area contributed by atoms with E-state index in [1.54, 1.807) is 0 Å². The Morgan fingerprint density at radius 1 is 1.06 bits per heavy atom. The zero-order valence-corrected chi connectivity index (χ0v) is 17.8. The smallest absolute Gasteiger partial charge is 0.309 e. The second-order valence-corrected chi connectivity index (χ2v) is 9.02. The van der Waals surface area contributed by atoms with Gasteiger partial charge in [0.25, 0.3) is 0 Å². The van der Waals surface area contributed by atoms with Gasteiger partial charge in [-0.05, 0) is 43.2 Å². The van der Waals surface area contributed by atoms with Crippen molar-refractivity contribution in [3.05, 3.63) is 65.5 Å². The normalized spacial score (nSPS) is 17.2. The molecule has 1 heterocycles. The second kappa shape index (κ2) is 9.99. The Balaban J connectivity index is 1.58. The third-order valence-corrected chi connectivity index (χ3v) is 6.69. The van der Waals surface area contributed by atoms with Crippen LogP contribution < -0.4 is 10.6 Å². The fourth-order valence-electron chi connectivity index (χ4n) is 3.07. The molecular weight excluding hydrogens is 425 g/mol. The molecule has 1 saturated heterocycles. The first-order valence-corrected chi connectivity index (χ1v) is 11.2. The fraction of sp³-hybridized carbons (Fsp3) is 0.333. The highest BCUT2D eigenvalue weighted by molar-refractivity contribution is 7.89. The summed E-state index contributed by atoms with van der Waals surface area (Å²) >= 11 is 0. The van der Waals surface area contributed by atoms with Gasteiger partial charge in [-0.25, -0.2) is 12.8 Å². The van der Waals surface area contributed by atoms with Crippen LogP contribution in [0.4, 0.5) is 4.39 Å². The maximum absolute atomic E-state index is 13.1. The summed E-state index contributed by atoms with van der Waals surface area (Å²) in [5.41, 5.74) is 1.93. The minimum absolute atomic E-state index is 0.0773. The van der Waals surface area contributed by atoms with Gasteiger partial charge in [0.2, 0.25) is 10.0 Å². The lowest BCUT2D eigenvalue weighted by Gasteiger charge is -2.34. The Bertz CT molecular complexity index is 1030. The molecule has 0 unspecified atom stereocenters. The van der Waals surface area contributed by atoms with Crippen molar-refractivity contribution in [1.82, 2.24) is 14.9 Å². The molecule has 10 heteroatoms. The lowest BCUT2D eigenvalue weighted by molar-refractivity contribution is -0.140. The summed E-state index contributed by atoms with van der Waals surface area (Å²) in [4.78, 5) is 24.1. The van der Waals surface area contributed by atoms with E-state index in [9.17, 15) is 22.4 Å². The summed E-state index contributed by atoms with van der Waals surface area (Å²) in [6, 6.07) is 12.0. The van der Waals surface area contributed by atoms with Crippen molar-refractivity contribution in [2.24, 2.45) is 0 Å². The third kappa shape index (κ3) is 5.87. The van der Waals surface area contributed by atoms with Gasteiger partial charge >= 0.3 is 11.8 Å². The number of nitrogens with one attached hydrogen (secondary N) is 2. The van der Waals surface area contributed by atoms with Crippen LogP contribution in [0.1, 0.15) is 17.5 Å². The highest BCUT2D eigenvalue weighted by Crippen LogP contribution is 2.22. The number of rotatable bonds is 6. The average molecular weight is 450 g/mol. The summed E-state index contributed by atoms with van der Waals surface area (Å²) in [5, 5.41) is 4.94. The lowest BCUT2D eigenvalue weighted by atomic mass is 10.1. The number of aryl methyl sites for hydroxylation is 1. The molecule has 1 fully saturated rings. The first-order valence-electron chi connectivity index (χ1n) is 9.78. The van der Waals surface area contributed by atoms with Crippen molar-refractivity contribution in [2.75, 3.05) is 19.7 Å². The lowest BCUT2D eigenvalue weighted by Crippen LogP contribution is -2.53. The molecule has 166 valence electrons. The van der Waals surface area contributed by atoms with Crippen LogP contribution in [0.5, 0.6) is 0 Å². The van der Waals surface area contributed by atoms with E-state index < -0.39 is 33.9 Å². The van der Waals surface area contributed by atoms with Crippen molar-refractivity contribution in [1.29, 1.82) is 0 Å². The molecule has 1 aliphatic heterocycles. The van der Waals surface area contributed by atoms with Gasteiger partial charge in [-0.1, -0.05) is 29.8 Å². The standard InChI is InChI=1S/C21H24FN3O5S/c1-15-3-5-16(6-4-15)13-23-20(26)21(27)24-14-19-25(11-2-12-30-19)31(28,29)18-9-7-17(22)8-10-18/h3-10,19H,2,11-14H2,1H3,(H,23,26)(H,24,27)/t19-/m1/s1. The number of benzene rings is 2. The fourth-order valence-corrected chi connectivity index (χ4v) is 4.64. The van der Waals surface area contributed by atoms with Gasteiger partial charge in [0, 0.05) is 13.1 Å². The van der Waals surface area contributed by atoms with Crippen molar-refractivity contribution in [2.45, 2.75) is 31.0 Å². The minimum Gasteiger partial charge on any atom is -0.360 e. The third-order valence-electron chi connectivity index (χ3n) is 4.79. The number of hydrogen-bond donors (Lipinski definition) is 2. The van der Waals surface area contributed by atoms with Gasteiger partial charge in [-0.15, -0.1) is 0 Å². The monoisotopic (exact) mass is 449 g/mol. The first kappa shape index (κ1) is 22.9. The number of sulfonamides is 1. The SMILES string of the molecule is Cc1ccc(CNC(=O)C(=O)NC[C@H]2OCCCN2S(=O)(=O)c2ccc(F)cc2)cc1. The molecule has 0 bridgehead atoms. The molecule has 31 heavy (non-hydrogen) atoms. The van der Waals surface area contributed by atoms with Gasteiger partial charge in [0.1, 0.15) is 12.0 Å². The summed E-state index contributed by atoms with van der Waals surface area (Å²) in [6.07, 6.45) is -0.500. The topological polar surface area (TPSA) is 105 Å². The number of hydrogen-bond acceptors (Lipinski definition) is 5. The van der Waals surface area contributed by atoms with Crippen LogP contribution in [0.15, 0.2) is 53.4 Å². The molecule has 0 aromatic heterocycles. The Labute approximate surface area is 180 Å². The molecule has 2 aromatic rings. The van der Waals surface area contributed by atoms with Gasteiger partial charge < -0.3 is 15.4 Å².